The molecule has 0 heterocycles. The van der Waals surface area contributed by atoms with Crippen LogP contribution in [0.5, 0.6) is 17.2 Å². The van der Waals surface area contributed by atoms with Gasteiger partial charge in [0.15, 0.2) is 0 Å². The molecule has 0 spiro atoms. The molecule has 0 radical (unpaired) electrons. The number of hydrogen-bond acceptors (Lipinski definition) is 9. The Kier molecular flexibility index (Phi) is 12.3. The number of non-ortho nitro benzene ring substituents is 1. The van der Waals surface area contributed by atoms with E-state index in [0.717, 1.165) is 18.9 Å². The molecule has 0 amide bonds. The van der Waals surface area contributed by atoms with Gasteiger partial charge < -0.3 is 24.1 Å². The molecule has 3 rings (SSSR count). The lowest BCUT2D eigenvalue weighted by Crippen LogP contribution is -2.16. The number of ether oxygens (including phenoxy) is 4. The molecule has 0 aromatic heterocycles. The van der Waals surface area contributed by atoms with Crippen molar-refractivity contribution in [3.63, 3.8) is 0 Å². The molecular weight excluding hydrogens is 546 g/mol. The molecule has 222 valence electrons. The number of benzene rings is 3. The monoisotopic (exact) mass is 579 g/mol. The van der Waals surface area contributed by atoms with Gasteiger partial charge in [-0.1, -0.05) is 39.0 Å². The largest absolute Gasteiger partial charge is 0.494 e. The summed E-state index contributed by atoms with van der Waals surface area (Å²) in [5.41, 5.74) is -0.338. The number of carboxylic acids is 1. The summed E-state index contributed by atoms with van der Waals surface area (Å²) in [7, 11) is 0. The highest BCUT2D eigenvalue weighted by Crippen LogP contribution is 2.24. The minimum atomic E-state index is -1.28. The van der Waals surface area contributed by atoms with Gasteiger partial charge in [-0.05, 0) is 61.0 Å². The van der Waals surface area contributed by atoms with Crippen LogP contribution in [0.3, 0.4) is 0 Å². The van der Waals surface area contributed by atoms with Gasteiger partial charge in [0.05, 0.1) is 22.7 Å². The van der Waals surface area contributed by atoms with E-state index in [1.807, 2.05) is 0 Å². The quantitative estimate of drug-likeness (QED) is 0.0618. The number of aromatic carboxylic acids is 1. The summed E-state index contributed by atoms with van der Waals surface area (Å²) in [6.07, 6.45) is 6.90. The highest BCUT2D eigenvalue weighted by molar-refractivity contribution is 5.99. The molecule has 3 aromatic rings. The molecular formula is C31H33NO10. The molecule has 11 nitrogen and oxygen atoms in total. The van der Waals surface area contributed by atoms with E-state index < -0.39 is 22.8 Å². The summed E-state index contributed by atoms with van der Waals surface area (Å²) in [6.45, 7) is 2.46. The minimum absolute atomic E-state index is 0.0788. The first kappa shape index (κ1) is 31.6. The molecule has 0 fully saturated rings. The number of carbonyl (C=O) groups excluding carboxylic acids is 2. The molecule has 0 atom stereocenters. The summed E-state index contributed by atoms with van der Waals surface area (Å²) in [5, 5.41) is 20.1. The van der Waals surface area contributed by atoms with Gasteiger partial charge in [0.2, 0.25) is 0 Å². The number of carboxylic acid groups (broad SMARTS) is 1. The molecule has 11 heteroatoms. The zero-order valence-corrected chi connectivity index (χ0v) is 23.3. The standard InChI is InChI=1S/C31H33NO10/c1-2-3-4-5-6-7-18-39-25-13-8-22(9-14-25)30(35)42-28-17-10-23(29(33)34)21-27(28)31(36)41-20-19-40-26-15-11-24(12-16-26)32(37)38/h8-17,21H,2-7,18-20H2,1H3,(H,33,34). The molecule has 0 unspecified atom stereocenters. The summed E-state index contributed by atoms with van der Waals surface area (Å²) >= 11 is 0. The lowest BCUT2D eigenvalue weighted by Gasteiger charge is -2.12. The highest BCUT2D eigenvalue weighted by atomic mass is 16.6. The molecule has 0 aliphatic carbocycles. The molecule has 0 aliphatic heterocycles. The van der Waals surface area contributed by atoms with Crippen LogP contribution in [0.1, 0.15) is 76.5 Å². The second-order valence-corrected chi connectivity index (χ2v) is 9.28. The first-order valence-electron chi connectivity index (χ1n) is 13.6. The fraction of sp³-hybridized carbons (Fsp3) is 0.323. The minimum Gasteiger partial charge on any atom is -0.494 e. The SMILES string of the molecule is CCCCCCCCOc1ccc(C(=O)Oc2ccc(C(=O)O)cc2C(=O)OCCOc2ccc([N+](=O)[O-])cc2)cc1. The average Bonchev–Trinajstić information content (AvgIpc) is 2.99. The van der Waals surface area contributed by atoms with Crippen LogP contribution >= 0.6 is 0 Å². The van der Waals surface area contributed by atoms with Crippen LogP contribution in [-0.2, 0) is 4.74 Å². The van der Waals surface area contributed by atoms with Crippen molar-refractivity contribution in [2.24, 2.45) is 0 Å². The first-order chi connectivity index (χ1) is 20.3. The Balaban J connectivity index is 1.56. The average molecular weight is 580 g/mol. The van der Waals surface area contributed by atoms with E-state index in [4.69, 9.17) is 18.9 Å². The van der Waals surface area contributed by atoms with E-state index in [0.29, 0.717) is 18.1 Å². The number of hydrogen-bond donors (Lipinski definition) is 1. The first-order valence-corrected chi connectivity index (χ1v) is 13.6. The molecule has 0 aliphatic rings. The van der Waals surface area contributed by atoms with Crippen LogP contribution in [0, 0.1) is 10.1 Å². The zero-order chi connectivity index (χ0) is 30.3. The number of carbonyl (C=O) groups is 3. The van der Waals surface area contributed by atoms with Crippen molar-refractivity contribution in [2.45, 2.75) is 45.4 Å². The summed E-state index contributed by atoms with van der Waals surface area (Å²) in [6, 6.07) is 15.2. The number of nitro benzene ring substituents is 1. The van der Waals surface area contributed by atoms with E-state index in [-0.39, 0.29) is 41.3 Å². The Hall–Kier alpha value is -4.93. The zero-order valence-electron chi connectivity index (χ0n) is 23.3. The van der Waals surface area contributed by atoms with Crippen molar-refractivity contribution in [2.75, 3.05) is 19.8 Å². The summed E-state index contributed by atoms with van der Waals surface area (Å²) in [4.78, 5) is 47.2. The van der Waals surface area contributed by atoms with E-state index in [9.17, 15) is 29.6 Å². The van der Waals surface area contributed by atoms with Gasteiger partial charge >= 0.3 is 17.9 Å². The van der Waals surface area contributed by atoms with Crippen molar-refractivity contribution in [1.82, 2.24) is 0 Å². The fourth-order valence-corrected chi connectivity index (χ4v) is 3.87. The van der Waals surface area contributed by atoms with E-state index >= 15 is 0 Å². The van der Waals surface area contributed by atoms with E-state index in [2.05, 4.69) is 6.92 Å². The Bertz CT molecular complexity index is 1350. The smallest absolute Gasteiger partial charge is 0.343 e. The van der Waals surface area contributed by atoms with Gasteiger partial charge in [-0.25, -0.2) is 14.4 Å². The van der Waals surface area contributed by atoms with Crippen molar-refractivity contribution < 1.29 is 43.4 Å². The molecule has 3 aromatic carbocycles. The maximum atomic E-state index is 12.8. The third kappa shape index (κ3) is 9.92. The van der Waals surface area contributed by atoms with Gasteiger partial charge in [-0.2, -0.15) is 0 Å². The normalized spacial score (nSPS) is 10.5. The second kappa shape index (κ2) is 16.4. The van der Waals surface area contributed by atoms with Crippen molar-refractivity contribution in [3.05, 3.63) is 93.5 Å². The van der Waals surface area contributed by atoms with Gasteiger partial charge in [0.25, 0.3) is 5.69 Å². The fourth-order valence-electron chi connectivity index (χ4n) is 3.87. The molecule has 0 saturated carbocycles. The predicted molar refractivity (Wildman–Crippen MR) is 153 cm³/mol. The van der Waals surface area contributed by atoms with Crippen LogP contribution < -0.4 is 14.2 Å². The summed E-state index contributed by atoms with van der Waals surface area (Å²) in [5.74, 6) is -2.18. The molecule has 1 N–H and O–H groups in total. The lowest BCUT2D eigenvalue weighted by molar-refractivity contribution is -0.384. The van der Waals surface area contributed by atoms with Gasteiger partial charge in [-0.3, -0.25) is 10.1 Å². The van der Waals surface area contributed by atoms with Crippen LogP contribution in [0.4, 0.5) is 5.69 Å². The van der Waals surface area contributed by atoms with Gasteiger partial charge in [0.1, 0.15) is 36.0 Å². The Labute approximate surface area is 243 Å². The van der Waals surface area contributed by atoms with Crippen molar-refractivity contribution >= 4 is 23.6 Å². The second-order valence-electron chi connectivity index (χ2n) is 9.28. The number of unbranched alkanes of at least 4 members (excludes halogenated alkanes) is 5. The van der Waals surface area contributed by atoms with E-state index in [1.54, 1.807) is 12.1 Å². The Morgan fingerprint density at radius 1 is 0.738 bits per heavy atom. The number of esters is 2. The maximum Gasteiger partial charge on any atom is 0.343 e. The number of rotatable bonds is 17. The van der Waals surface area contributed by atoms with Crippen LogP contribution in [-0.4, -0.2) is 47.8 Å². The van der Waals surface area contributed by atoms with Gasteiger partial charge in [-0.15, -0.1) is 0 Å². The molecule has 42 heavy (non-hydrogen) atoms. The Morgan fingerprint density at radius 2 is 1.33 bits per heavy atom. The van der Waals surface area contributed by atoms with Crippen LogP contribution in [0.2, 0.25) is 0 Å². The van der Waals surface area contributed by atoms with E-state index in [1.165, 1.54) is 74.2 Å². The van der Waals surface area contributed by atoms with Crippen LogP contribution in [0.15, 0.2) is 66.7 Å². The topological polar surface area (TPSA) is 152 Å². The molecule has 0 bridgehead atoms. The lowest BCUT2D eigenvalue weighted by atomic mass is 10.1. The van der Waals surface area contributed by atoms with Crippen molar-refractivity contribution in [3.8, 4) is 17.2 Å². The molecule has 0 saturated heterocycles. The number of nitrogens with zero attached hydrogens (tertiary/aromatic N) is 1. The maximum absolute atomic E-state index is 12.8. The predicted octanol–water partition coefficient (Wildman–Crippen LogP) is 6.49. The third-order valence-corrected chi connectivity index (χ3v) is 6.14. The van der Waals surface area contributed by atoms with Crippen molar-refractivity contribution in [1.29, 1.82) is 0 Å². The number of nitro groups is 1. The Morgan fingerprint density at radius 3 is 1.98 bits per heavy atom. The van der Waals surface area contributed by atoms with Gasteiger partial charge in [0, 0.05) is 12.1 Å². The third-order valence-electron chi connectivity index (χ3n) is 6.14. The highest BCUT2D eigenvalue weighted by Gasteiger charge is 2.20. The van der Waals surface area contributed by atoms with Crippen LogP contribution in [0.25, 0.3) is 0 Å². The summed E-state index contributed by atoms with van der Waals surface area (Å²) < 4.78 is 21.8.